The van der Waals surface area contributed by atoms with E-state index in [0.717, 1.165) is 6.42 Å². The molecule has 0 amide bonds. The molecular formula is C12H22O. The van der Waals surface area contributed by atoms with Gasteiger partial charge in [-0.1, -0.05) is 33.1 Å². The molecule has 0 bridgehead atoms. The molecule has 2 saturated carbocycles. The normalized spacial score (nSPS) is 51.5. The largest absolute Gasteiger partial charge is 0.389 e. The minimum atomic E-state index is -0.330. The van der Waals surface area contributed by atoms with Gasteiger partial charge >= 0.3 is 0 Å². The highest BCUT2D eigenvalue weighted by Crippen LogP contribution is 2.55. The van der Waals surface area contributed by atoms with Gasteiger partial charge in [0, 0.05) is 0 Å². The molecule has 3 atom stereocenters. The average molecular weight is 182 g/mol. The van der Waals surface area contributed by atoms with Gasteiger partial charge in [0.25, 0.3) is 0 Å². The van der Waals surface area contributed by atoms with Crippen molar-refractivity contribution in [3.05, 3.63) is 0 Å². The van der Waals surface area contributed by atoms with Gasteiger partial charge in [0.1, 0.15) is 0 Å². The van der Waals surface area contributed by atoms with Crippen LogP contribution in [0.2, 0.25) is 0 Å². The Morgan fingerprint density at radius 2 is 1.69 bits per heavy atom. The van der Waals surface area contributed by atoms with Crippen molar-refractivity contribution in [2.75, 3.05) is 0 Å². The fraction of sp³-hybridized carbons (Fsp3) is 1.00. The van der Waals surface area contributed by atoms with Crippen LogP contribution in [-0.2, 0) is 0 Å². The van der Waals surface area contributed by atoms with Gasteiger partial charge in [-0.25, -0.2) is 0 Å². The summed E-state index contributed by atoms with van der Waals surface area (Å²) in [5.41, 5.74) is -0.0909. The highest BCUT2D eigenvalue weighted by atomic mass is 16.3. The summed E-state index contributed by atoms with van der Waals surface area (Å²) in [5.74, 6) is 0.520. The molecule has 2 fully saturated rings. The Labute approximate surface area is 81.5 Å². The van der Waals surface area contributed by atoms with Crippen LogP contribution in [0, 0.1) is 11.3 Å². The third-order valence-corrected chi connectivity index (χ3v) is 4.76. The van der Waals surface area contributed by atoms with Crippen LogP contribution in [-0.4, -0.2) is 10.7 Å². The van der Waals surface area contributed by atoms with Crippen molar-refractivity contribution < 1.29 is 5.11 Å². The van der Waals surface area contributed by atoms with Gasteiger partial charge in [-0.05, 0) is 37.0 Å². The van der Waals surface area contributed by atoms with Gasteiger partial charge < -0.3 is 5.11 Å². The summed E-state index contributed by atoms with van der Waals surface area (Å²) >= 11 is 0. The SMILES string of the molecule is C[C@@H]1CCC[C@]2(C)CCCC[C@@]12O. The molecule has 2 aliphatic carbocycles. The minimum absolute atomic E-state index is 0.239. The molecule has 0 aromatic heterocycles. The van der Waals surface area contributed by atoms with Gasteiger partial charge in [0.2, 0.25) is 0 Å². The maximum absolute atomic E-state index is 10.7. The lowest BCUT2D eigenvalue weighted by atomic mass is 9.54. The lowest BCUT2D eigenvalue weighted by Gasteiger charge is -2.55. The number of fused-ring (bicyclic) bond motifs is 1. The van der Waals surface area contributed by atoms with Crippen molar-refractivity contribution >= 4 is 0 Å². The van der Waals surface area contributed by atoms with E-state index in [1.807, 2.05) is 0 Å². The molecule has 1 N–H and O–H groups in total. The van der Waals surface area contributed by atoms with Gasteiger partial charge in [0.05, 0.1) is 5.60 Å². The Bertz CT molecular complexity index is 197. The van der Waals surface area contributed by atoms with Crippen LogP contribution in [0.4, 0.5) is 0 Å². The third kappa shape index (κ3) is 1.24. The molecule has 0 aromatic carbocycles. The topological polar surface area (TPSA) is 20.2 Å². The molecule has 2 aliphatic rings. The van der Waals surface area contributed by atoms with E-state index in [1.54, 1.807) is 0 Å². The maximum Gasteiger partial charge on any atom is 0.0726 e. The third-order valence-electron chi connectivity index (χ3n) is 4.76. The first kappa shape index (κ1) is 9.51. The second-order valence-corrected chi connectivity index (χ2v) is 5.49. The predicted octanol–water partition coefficient (Wildman–Crippen LogP) is 3.12. The maximum atomic E-state index is 10.7. The molecule has 0 saturated heterocycles. The van der Waals surface area contributed by atoms with Gasteiger partial charge in [-0.2, -0.15) is 0 Å². The molecule has 0 aromatic rings. The zero-order valence-corrected chi connectivity index (χ0v) is 8.97. The summed E-state index contributed by atoms with van der Waals surface area (Å²) in [6, 6.07) is 0. The molecule has 0 heterocycles. The molecule has 0 unspecified atom stereocenters. The van der Waals surface area contributed by atoms with E-state index in [-0.39, 0.29) is 11.0 Å². The molecule has 76 valence electrons. The summed E-state index contributed by atoms with van der Waals surface area (Å²) in [6.45, 7) is 4.55. The van der Waals surface area contributed by atoms with Gasteiger partial charge in [0.15, 0.2) is 0 Å². The summed E-state index contributed by atoms with van der Waals surface area (Å²) < 4.78 is 0. The fourth-order valence-electron chi connectivity index (χ4n) is 3.65. The molecule has 0 aliphatic heterocycles. The van der Waals surface area contributed by atoms with E-state index in [9.17, 15) is 5.11 Å². The van der Waals surface area contributed by atoms with Crippen LogP contribution in [0.15, 0.2) is 0 Å². The predicted molar refractivity (Wildman–Crippen MR) is 54.5 cm³/mol. The average Bonchev–Trinajstić information content (AvgIpc) is 2.09. The van der Waals surface area contributed by atoms with E-state index >= 15 is 0 Å². The Hall–Kier alpha value is -0.0400. The Morgan fingerprint density at radius 1 is 1.08 bits per heavy atom. The zero-order valence-electron chi connectivity index (χ0n) is 8.97. The standard InChI is InChI=1S/C12H22O/c1-10-6-5-8-11(2)7-3-4-9-12(10,11)13/h10,13H,3-9H2,1-2H3/t10-,11+,12-/m1/s1. The number of aliphatic hydroxyl groups is 1. The first-order valence-corrected chi connectivity index (χ1v) is 5.81. The minimum Gasteiger partial charge on any atom is -0.389 e. The van der Waals surface area contributed by atoms with Crippen molar-refractivity contribution in [1.29, 1.82) is 0 Å². The van der Waals surface area contributed by atoms with E-state index in [0.29, 0.717) is 5.92 Å². The van der Waals surface area contributed by atoms with E-state index in [4.69, 9.17) is 0 Å². The van der Waals surface area contributed by atoms with Crippen LogP contribution in [0.1, 0.15) is 58.8 Å². The van der Waals surface area contributed by atoms with Crippen LogP contribution in [0.3, 0.4) is 0 Å². The van der Waals surface area contributed by atoms with Crippen LogP contribution in [0.25, 0.3) is 0 Å². The van der Waals surface area contributed by atoms with Crippen LogP contribution >= 0.6 is 0 Å². The molecule has 0 radical (unpaired) electrons. The van der Waals surface area contributed by atoms with Crippen molar-refractivity contribution in [3.63, 3.8) is 0 Å². The van der Waals surface area contributed by atoms with Crippen molar-refractivity contribution in [3.8, 4) is 0 Å². The quantitative estimate of drug-likeness (QED) is 0.610. The first-order valence-electron chi connectivity index (χ1n) is 5.81. The highest BCUT2D eigenvalue weighted by Gasteiger charge is 2.52. The lowest BCUT2D eigenvalue weighted by Crippen LogP contribution is -2.55. The second-order valence-electron chi connectivity index (χ2n) is 5.49. The van der Waals surface area contributed by atoms with Crippen molar-refractivity contribution in [2.45, 2.75) is 64.4 Å². The smallest absolute Gasteiger partial charge is 0.0726 e. The Balaban J connectivity index is 2.27. The molecule has 0 spiro atoms. The zero-order chi connectivity index (χ0) is 9.53. The Morgan fingerprint density at radius 3 is 2.38 bits per heavy atom. The summed E-state index contributed by atoms with van der Waals surface area (Å²) in [5, 5.41) is 10.7. The fourth-order valence-corrected chi connectivity index (χ4v) is 3.65. The highest BCUT2D eigenvalue weighted by molar-refractivity contribution is 5.04. The second kappa shape index (κ2) is 2.98. The molecule has 1 heteroatoms. The number of hydrogen-bond donors (Lipinski definition) is 1. The number of hydrogen-bond acceptors (Lipinski definition) is 1. The summed E-state index contributed by atoms with van der Waals surface area (Å²) in [4.78, 5) is 0. The lowest BCUT2D eigenvalue weighted by molar-refractivity contribution is -0.164. The summed E-state index contributed by atoms with van der Waals surface area (Å²) in [6.07, 6.45) is 8.64. The van der Waals surface area contributed by atoms with Gasteiger partial charge in [-0.3, -0.25) is 0 Å². The van der Waals surface area contributed by atoms with Crippen LogP contribution < -0.4 is 0 Å². The van der Waals surface area contributed by atoms with Crippen LogP contribution in [0.5, 0.6) is 0 Å². The number of rotatable bonds is 0. The monoisotopic (exact) mass is 182 g/mol. The molecular weight excluding hydrogens is 160 g/mol. The van der Waals surface area contributed by atoms with E-state index in [2.05, 4.69) is 13.8 Å². The van der Waals surface area contributed by atoms with E-state index in [1.165, 1.54) is 38.5 Å². The molecule has 2 rings (SSSR count). The summed E-state index contributed by atoms with van der Waals surface area (Å²) in [7, 11) is 0. The first-order chi connectivity index (χ1) is 6.08. The van der Waals surface area contributed by atoms with Crippen molar-refractivity contribution in [1.82, 2.24) is 0 Å². The Kier molecular flexibility index (Phi) is 2.18. The molecule has 1 nitrogen and oxygen atoms in total. The van der Waals surface area contributed by atoms with Gasteiger partial charge in [-0.15, -0.1) is 0 Å². The molecule has 13 heavy (non-hydrogen) atoms. The van der Waals surface area contributed by atoms with E-state index < -0.39 is 0 Å². The van der Waals surface area contributed by atoms with Crippen molar-refractivity contribution in [2.24, 2.45) is 11.3 Å².